The van der Waals surface area contributed by atoms with E-state index in [1.54, 1.807) is 0 Å². The summed E-state index contributed by atoms with van der Waals surface area (Å²) < 4.78 is 30.5. The zero-order valence-corrected chi connectivity index (χ0v) is 10.4. The number of amides is 1. The Balaban J connectivity index is 1.85. The van der Waals surface area contributed by atoms with Crippen molar-refractivity contribution in [3.63, 3.8) is 0 Å². The third-order valence-corrected chi connectivity index (χ3v) is 3.23. The molecule has 0 radical (unpaired) electrons. The molecule has 104 valence electrons. The fourth-order valence-corrected chi connectivity index (χ4v) is 2.00. The molecule has 2 N–H and O–H groups in total. The lowest BCUT2D eigenvalue weighted by Gasteiger charge is -2.23. The highest BCUT2D eigenvalue weighted by Gasteiger charge is 2.44. The molecule has 6 heteroatoms. The first kappa shape index (κ1) is 13.7. The molecule has 19 heavy (non-hydrogen) atoms. The summed E-state index contributed by atoms with van der Waals surface area (Å²) in [5.41, 5.74) is 4.78. The van der Waals surface area contributed by atoms with Gasteiger partial charge in [-0.25, -0.2) is 13.6 Å². The number of nitrogens with two attached hydrogens (primary N) is 1. The second kappa shape index (κ2) is 5.52. The summed E-state index contributed by atoms with van der Waals surface area (Å²) in [4.78, 5) is 13.0. The number of hydrogen-bond acceptors (Lipinski definition) is 3. The number of hydrogen-bond donors (Lipinski definition) is 1. The van der Waals surface area contributed by atoms with Gasteiger partial charge in [0.1, 0.15) is 6.61 Å². The highest BCUT2D eigenvalue weighted by atomic mass is 19.3. The lowest BCUT2D eigenvalue weighted by atomic mass is 10.0. The van der Waals surface area contributed by atoms with Crippen LogP contribution in [-0.4, -0.2) is 36.0 Å². The van der Waals surface area contributed by atoms with Gasteiger partial charge in [0.2, 0.25) is 0 Å². The maximum atomic E-state index is 12.7. The van der Waals surface area contributed by atoms with Crippen LogP contribution in [0, 0.1) is 0 Å². The third kappa shape index (κ3) is 3.20. The second-order valence-corrected chi connectivity index (χ2v) is 4.75. The van der Waals surface area contributed by atoms with E-state index in [0.717, 1.165) is 5.56 Å². The molecule has 1 unspecified atom stereocenters. The number of ether oxygens (including phenoxy) is 1. The molecule has 1 aromatic carbocycles. The summed E-state index contributed by atoms with van der Waals surface area (Å²) in [6.45, 7) is 0.162. The van der Waals surface area contributed by atoms with E-state index in [4.69, 9.17) is 10.5 Å². The summed E-state index contributed by atoms with van der Waals surface area (Å²) in [5, 5.41) is 0. The standard InChI is InChI=1S/C13H16F2N2O2/c14-11(15)13(16)6-7-17(9-13)12(18)19-8-10-4-2-1-3-5-10/h1-5,11H,6-9,16H2. The Hall–Kier alpha value is -1.69. The Kier molecular flexibility index (Phi) is 3.99. The van der Waals surface area contributed by atoms with Gasteiger partial charge in [0.15, 0.2) is 0 Å². The van der Waals surface area contributed by atoms with Crippen LogP contribution < -0.4 is 5.73 Å². The van der Waals surface area contributed by atoms with Crippen LogP contribution in [0.3, 0.4) is 0 Å². The molecule has 1 fully saturated rings. The van der Waals surface area contributed by atoms with Crippen LogP contribution in [0.25, 0.3) is 0 Å². The van der Waals surface area contributed by atoms with Crippen LogP contribution in [0.4, 0.5) is 13.6 Å². The fourth-order valence-electron chi connectivity index (χ4n) is 2.00. The molecule has 1 amide bonds. The van der Waals surface area contributed by atoms with Gasteiger partial charge < -0.3 is 15.4 Å². The fraction of sp³-hybridized carbons (Fsp3) is 0.462. The molecular formula is C13H16F2N2O2. The minimum Gasteiger partial charge on any atom is -0.445 e. The number of rotatable bonds is 3. The number of carbonyl (C=O) groups is 1. The molecule has 1 atom stereocenters. The molecule has 0 saturated carbocycles. The normalized spacial score (nSPS) is 22.8. The van der Waals surface area contributed by atoms with Crippen molar-refractivity contribution >= 4 is 6.09 Å². The maximum absolute atomic E-state index is 12.7. The van der Waals surface area contributed by atoms with E-state index in [0.29, 0.717) is 0 Å². The number of benzene rings is 1. The molecule has 0 aliphatic carbocycles. The molecule has 1 aromatic rings. The Morgan fingerprint density at radius 1 is 1.42 bits per heavy atom. The number of likely N-dealkylation sites (tertiary alicyclic amines) is 1. The van der Waals surface area contributed by atoms with Crippen molar-refractivity contribution < 1.29 is 18.3 Å². The maximum Gasteiger partial charge on any atom is 0.410 e. The predicted molar refractivity (Wildman–Crippen MR) is 65.7 cm³/mol. The average Bonchev–Trinajstić information content (AvgIpc) is 2.81. The van der Waals surface area contributed by atoms with E-state index in [9.17, 15) is 13.6 Å². The first-order valence-corrected chi connectivity index (χ1v) is 6.04. The van der Waals surface area contributed by atoms with E-state index in [1.807, 2.05) is 30.3 Å². The topological polar surface area (TPSA) is 55.6 Å². The van der Waals surface area contributed by atoms with Gasteiger partial charge in [-0.3, -0.25) is 0 Å². The zero-order chi connectivity index (χ0) is 13.9. The van der Waals surface area contributed by atoms with Crippen LogP contribution in [0.5, 0.6) is 0 Å². The van der Waals surface area contributed by atoms with Gasteiger partial charge in [0.05, 0.1) is 5.54 Å². The van der Waals surface area contributed by atoms with Gasteiger partial charge in [-0.2, -0.15) is 0 Å². The zero-order valence-electron chi connectivity index (χ0n) is 10.4. The summed E-state index contributed by atoms with van der Waals surface area (Å²) in [6, 6.07) is 9.17. The number of halogens is 2. The minimum atomic E-state index is -2.64. The van der Waals surface area contributed by atoms with Crippen molar-refractivity contribution in [3.8, 4) is 0 Å². The quantitative estimate of drug-likeness (QED) is 0.913. The van der Waals surface area contributed by atoms with Crippen molar-refractivity contribution in [2.24, 2.45) is 5.73 Å². The summed E-state index contributed by atoms with van der Waals surface area (Å²) >= 11 is 0. The van der Waals surface area contributed by atoms with Gasteiger partial charge in [0, 0.05) is 13.1 Å². The highest BCUT2D eigenvalue weighted by molar-refractivity contribution is 5.68. The second-order valence-electron chi connectivity index (χ2n) is 4.75. The number of carbonyl (C=O) groups excluding carboxylic acids is 1. The molecule has 1 heterocycles. The van der Waals surface area contributed by atoms with Gasteiger partial charge in [-0.1, -0.05) is 30.3 Å². The molecule has 1 saturated heterocycles. The van der Waals surface area contributed by atoms with Gasteiger partial charge in [-0.05, 0) is 12.0 Å². The molecule has 2 rings (SSSR count). The van der Waals surface area contributed by atoms with Crippen molar-refractivity contribution in [2.75, 3.05) is 13.1 Å². The lowest BCUT2D eigenvalue weighted by Crippen LogP contribution is -2.49. The van der Waals surface area contributed by atoms with Crippen LogP contribution >= 0.6 is 0 Å². The van der Waals surface area contributed by atoms with E-state index in [2.05, 4.69) is 0 Å². The van der Waals surface area contributed by atoms with Gasteiger partial charge in [0.25, 0.3) is 6.43 Å². The SMILES string of the molecule is NC1(C(F)F)CCN(C(=O)OCc2ccccc2)C1. The number of nitrogens with zero attached hydrogens (tertiary/aromatic N) is 1. The molecule has 1 aliphatic heterocycles. The number of alkyl halides is 2. The Morgan fingerprint density at radius 2 is 2.11 bits per heavy atom. The molecule has 0 spiro atoms. The molecular weight excluding hydrogens is 254 g/mol. The molecule has 1 aliphatic rings. The summed E-state index contributed by atoms with van der Waals surface area (Å²) in [6.07, 6.45) is -3.15. The molecule has 4 nitrogen and oxygen atoms in total. The largest absolute Gasteiger partial charge is 0.445 e. The van der Waals surface area contributed by atoms with Gasteiger partial charge in [-0.15, -0.1) is 0 Å². The first-order chi connectivity index (χ1) is 9.01. The van der Waals surface area contributed by atoms with Crippen LogP contribution in [-0.2, 0) is 11.3 Å². The predicted octanol–water partition coefficient (Wildman–Crippen LogP) is 1.99. The highest BCUT2D eigenvalue weighted by Crippen LogP contribution is 2.25. The van der Waals surface area contributed by atoms with Crippen molar-refractivity contribution in [2.45, 2.75) is 25.0 Å². The monoisotopic (exact) mass is 270 g/mol. The first-order valence-electron chi connectivity index (χ1n) is 6.04. The Morgan fingerprint density at radius 3 is 2.68 bits per heavy atom. The van der Waals surface area contributed by atoms with Crippen LogP contribution in [0.15, 0.2) is 30.3 Å². The van der Waals surface area contributed by atoms with Gasteiger partial charge >= 0.3 is 6.09 Å². The van der Waals surface area contributed by atoms with Crippen molar-refractivity contribution in [3.05, 3.63) is 35.9 Å². The van der Waals surface area contributed by atoms with E-state index in [1.165, 1.54) is 4.90 Å². The Bertz CT molecular complexity index is 442. The van der Waals surface area contributed by atoms with E-state index >= 15 is 0 Å². The summed E-state index contributed by atoms with van der Waals surface area (Å²) in [5.74, 6) is 0. The van der Waals surface area contributed by atoms with E-state index in [-0.39, 0.29) is 26.1 Å². The lowest BCUT2D eigenvalue weighted by molar-refractivity contribution is 0.0541. The molecule has 0 bridgehead atoms. The van der Waals surface area contributed by atoms with Crippen LogP contribution in [0.2, 0.25) is 0 Å². The average molecular weight is 270 g/mol. The third-order valence-electron chi connectivity index (χ3n) is 3.23. The minimum absolute atomic E-state index is 0.0884. The smallest absolute Gasteiger partial charge is 0.410 e. The Labute approximate surface area is 110 Å². The molecule has 0 aromatic heterocycles. The van der Waals surface area contributed by atoms with Crippen molar-refractivity contribution in [1.29, 1.82) is 0 Å². The van der Waals surface area contributed by atoms with Crippen LogP contribution in [0.1, 0.15) is 12.0 Å². The van der Waals surface area contributed by atoms with Crippen molar-refractivity contribution in [1.82, 2.24) is 4.90 Å². The summed E-state index contributed by atoms with van der Waals surface area (Å²) in [7, 11) is 0. The van der Waals surface area contributed by atoms with E-state index < -0.39 is 18.1 Å².